The van der Waals surface area contributed by atoms with Gasteiger partial charge in [0.15, 0.2) is 5.96 Å². The summed E-state index contributed by atoms with van der Waals surface area (Å²) in [6.45, 7) is 8.72. The first-order chi connectivity index (χ1) is 11.2. The number of hydrogen-bond acceptors (Lipinski definition) is 4. The summed E-state index contributed by atoms with van der Waals surface area (Å²) < 4.78 is 11.0. The van der Waals surface area contributed by atoms with E-state index in [9.17, 15) is 0 Å². The molecule has 1 saturated heterocycles. The molecule has 0 bridgehead atoms. The maximum Gasteiger partial charge on any atom is 0.218 e. The van der Waals surface area contributed by atoms with Crippen molar-refractivity contribution in [2.24, 2.45) is 10.9 Å². The lowest BCUT2D eigenvalue weighted by atomic mass is 10.1. The summed E-state index contributed by atoms with van der Waals surface area (Å²) in [4.78, 5) is 11.2. The Morgan fingerprint density at radius 2 is 2.39 bits per heavy atom. The number of ether oxygens (including phenoxy) is 2. The molecule has 0 aliphatic carbocycles. The van der Waals surface area contributed by atoms with Gasteiger partial charge in [0.2, 0.25) is 5.88 Å². The van der Waals surface area contributed by atoms with E-state index in [-0.39, 0.29) is 0 Å². The number of hydrogen-bond donors (Lipinski definition) is 1. The summed E-state index contributed by atoms with van der Waals surface area (Å²) >= 11 is 0. The Balaban J connectivity index is 2.02. The first-order valence-electron chi connectivity index (χ1n) is 8.38. The molecule has 6 heteroatoms. The van der Waals surface area contributed by atoms with Crippen LogP contribution in [0.4, 0.5) is 0 Å². The molecule has 0 aromatic carbocycles. The number of rotatable bonds is 7. The average Bonchev–Trinajstić information content (AvgIpc) is 3.06. The summed E-state index contributed by atoms with van der Waals surface area (Å²) in [6.07, 6.45) is 2.87. The van der Waals surface area contributed by atoms with Gasteiger partial charge >= 0.3 is 0 Å². The highest BCUT2D eigenvalue weighted by Crippen LogP contribution is 2.16. The van der Waals surface area contributed by atoms with E-state index in [0.29, 0.717) is 24.9 Å². The van der Waals surface area contributed by atoms with Crippen molar-refractivity contribution in [1.29, 1.82) is 0 Å². The molecule has 0 radical (unpaired) electrons. The second-order valence-electron chi connectivity index (χ2n) is 5.68. The van der Waals surface area contributed by atoms with Gasteiger partial charge in [-0.05, 0) is 26.3 Å². The normalized spacial score (nSPS) is 18.0. The van der Waals surface area contributed by atoms with Gasteiger partial charge in [0, 0.05) is 44.4 Å². The molecular weight excluding hydrogens is 292 g/mol. The minimum atomic E-state index is 0.553. The maximum absolute atomic E-state index is 5.57. The van der Waals surface area contributed by atoms with Gasteiger partial charge in [0.25, 0.3) is 0 Å². The number of aliphatic imine (C=N–C) groups is 1. The minimum absolute atomic E-state index is 0.553. The molecule has 128 valence electrons. The average molecular weight is 320 g/mol. The molecule has 1 aliphatic rings. The van der Waals surface area contributed by atoms with Gasteiger partial charge in [-0.15, -0.1) is 0 Å². The van der Waals surface area contributed by atoms with Crippen LogP contribution < -0.4 is 10.1 Å². The summed E-state index contributed by atoms with van der Waals surface area (Å²) in [5, 5.41) is 3.35. The Hall–Kier alpha value is -1.82. The molecule has 6 nitrogen and oxygen atoms in total. The van der Waals surface area contributed by atoms with E-state index in [1.165, 1.54) is 0 Å². The highest BCUT2D eigenvalue weighted by atomic mass is 16.5. The van der Waals surface area contributed by atoms with Crippen molar-refractivity contribution >= 4 is 5.96 Å². The smallest absolute Gasteiger partial charge is 0.218 e. The van der Waals surface area contributed by atoms with E-state index in [1.807, 2.05) is 19.1 Å². The second kappa shape index (κ2) is 9.35. The summed E-state index contributed by atoms with van der Waals surface area (Å²) in [5.74, 6) is 2.16. The second-order valence-corrected chi connectivity index (χ2v) is 5.68. The van der Waals surface area contributed by atoms with Crippen LogP contribution in [0, 0.1) is 5.92 Å². The maximum atomic E-state index is 5.57. The topological polar surface area (TPSA) is 59.0 Å². The van der Waals surface area contributed by atoms with Crippen molar-refractivity contribution in [3.8, 4) is 5.88 Å². The Morgan fingerprint density at radius 1 is 1.52 bits per heavy atom. The predicted molar refractivity (Wildman–Crippen MR) is 91.8 cm³/mol. The molecule has 1 aliphatic heterocycles. The molecule has 1 aromatic rings. The molecule has 1 atom stereocenters. The van der Waals surface area contributed by atoms with Crippen molar-refractivity contribution in [3.63, 3.8) is 0 Å². The van der Waals surface area contributed by atoms with E-state index < -0.39 is 0 Å². The van der Waals surface area contributed by atoms with Crippen molar-refractivity contribution in [2.45, 2.75) is 26.8 Å². The van der Waals surface area contributed by atoms with Crippen molar-refractivity contribution < 1.29 is 9.47 Å². The Kier molecular flexibility index (Phi) is 7.13. The van der Waals surface area contributed by atoms with Crippen LogP contribution >= 0.6 is 0 Å². The Labute approximate surface area is 138 Å². The van der Waals surface area contributed by atoms with Gasteiger partial charge in [-0.3, -0.25) is 0 Å². The molecule has 1 unspecified atom stereocenters. The highest BCUT2D eigenvalue weighted by Gasteiger charge is 2.19. The molecule has 0 saturated carbocycles. The van der Waals surface area contributed by atoms with E-state index in [4.69, 9.17) is 14.5 Å². The third-order valence-electron chi connectivity index (χ3n) is 3.78. The van der Waals surface area contributed by atoms with E-state index >= 15 is 0 Å². The third kappa shape index (κ3) is 5.39. The number of nitrogens with one attached hydrogen (secondary N) is 1. The highest BCUT2D eigenvalue weighted by molar-refractivity contribution is 5.79. The fourth-order valence-electron chi connectivity index (χ4n) is 2.64. The summed E-state index contributed by atoms with van der Waals surface area (Å²) in [7, 11) is 2.08. The predicted octanol–water partition coefficient (Wildman–Crippen LogP) is 1.91. The molecule has 0 amide bonds. The van der Waals surface area contributed by atoms with Crippen LogP contribution in [0.15, 0.2) is 23.3 Å². The van der Waals surface area contributed by atoms with Crippen molar-refractivity contribution in [3.05, 3.63) is 23.9 Å². The lowest BCUT2D eigenvalue weighted by Crippen LogP contribution is -2.41. The number of nitrogens with zero attached hydrogens (tertiary/aromatic N) is 3. The molecule has 1 aromatic heterocycles. The van der Waals surface area contributed by atoms with Gasteiger partial charge in [0.05, 0.1) is 19.8 Å². The van der Waals surface area contributed by atoms with E-state index in [0.717, 1.165) is 44.2 Å². The lowest BCUT2D eigenvalue weighted by Gasteiger charge is -2.24. The fourth-order valence-corrected chi connectivity index (χ4v) is 2.64. The first-order valence-corrected chi connectivity index (χ1v) is 8.38. The molecule has 1 fully saturated rings. The summed E-state index contributed by atoms with van der Waals surface area (Å²) in [5.41, 5.74) is 1.00. The molecule has 2 rings (SSSR count). The van der Waals surface area contributed by atoms with Gasteiger partial charge in [-0.2, -0.15) is 0 Å². The van der Waals surface area contributed by atoms with Gasteiger partial charge < -0.3 is 19.7 Å². The summed E-state index contributed by atoms with van der Waals surface area (Å²) in [6, 6.07) is 3.93. The quantitative estimate of drug-likeness (QED) is 0.614. The minimum Gasteiger partial charge on any atom is -0.478 e. The van der Waals surface area contributed by atoms with E-state index in [1.54, 1.807) is 6.20 Å². The molecule has 23 heavy (non-hydrogen) atoms. The molecule has 2 heterocycles. The number of pyridine rings is 1. The molecule has 0 spiro atoms. The standard InChI is InChI=1S/C17H28N4O2/c1-4-18-17(21(3)12-14-8-10-22-13-14)20-11-15-7-6-9-19-16(15)23-5-2/h6-7,9,14H,4-5,8,10-13H2,1-3H3,(H,18,20). The molecule has 1 N–H and O–H groups in total. The van der Waals surface area contributed by atoms with Gasteiger partial charge in [-0.1, -0.05) is 6.07 Å². The van der Waals surface area contributed by atoms with Gasteiger partial charge in [0.1, 0.15) is 0 Å². The lowest BCUT2D eigenvalue weighted by molar-refractivity contribution is 0.181. The number of aromatic nitrogens is 1. The van der Waals surface area contributed by atoms with Crippen LogP contribution in [0.1, 0.15) is 25.8 Å². The number of guanidine groups is 1. The van der Waals surface area contributed by atoms with Crippen LogP contribution in [0.2, 0.25) is 0 Å². The monoisotopic (exact) mass is 320 g/mol. The van der Waals surface area contributed by atoms with Crippen LogP contribution in [-0.2, 0) is 11.3 Å². The Bertz CT molecular complexity index is 501. The Morgan fingerprint density at radius 3 is 3.09 bits per heavy atom. The third-order valence-corrected chi connectivity index (χ3v) is 3.78. The van der Waals surface area contributed by atoms with Crippen LogP contribution in [-0.4, -0.2) is 55.8 Å². The van der Waals surface area contributed by atoms with E-state index in [2.05, 4.69) is 29.2 Å². The SMILES string of the molecule is CCNC(=NCc1cccnc1OCC)N(C)CC1CCOC1. The zero-order valence-electron chi connectivity index (χ0n) is 14.4. The van der Waals surface area contributed by atoms with Crippen LogP contribution in [0.3, 0.4) is 0 Å². The van der Waals surface area contributed by atoms with Gasteiger partial charge in [-0.25, -0.2) is 9.98 Å². The zero-order valence-corrected chi connectivity index (χ0v) is 14.4. The fraction of sp³-hybridized carbons (Fsp3) is 0.647. The largest absolute Gasteiger partial charge is 0.478 e. The first kappa shape index (κ1) is 17.5. The van der Waals surface area contributed by atoms with Crippen molar-refractivity contribution in [2.75, 3.05) is 40.0 Å². The van der Waals surface area contributed by atoms with Crippen LogP contribution in [0.25, 0.3) is 0 Å². The van der Waals surface area contributed by atoms with Crippen LogP contribution in [0.5, 0.6) is 5.88 Å². The molecular formula is C17H28N4O2. The zero-order chi connectivity index (χ0) is 16.5. The van der Waals surface area contributed by atoms with Crippen molar-refractivity contribution in [1.82, 2.24) is 15.2 Å².